The number of aryl methyl sites for hydroxylation is 1. The number of pyridine rings is 1. The summed E-state index contributed by atoms with van der Waals surface area (Å²) in [6, 6.07) is 15.7. The monoisotopic (exact) mass is 812 g/mol. The summed E-state index contributed by atoms with van der Waals surface area (Å²) < 4.78 is 8.26. The van der Waals surface area contributed by atoms with Crippen LogP contribution in [-0.4, -0.2) is 84.6 Å². The third-order valence-corrected chi connectivity index (χ3v) is 12.5. The van der Waals surface area contributed by atoms with Gasteiger partial charge in [-0.3, -0.25) is 43.9 Å². The predicted molar refractivity (Wildman–Crippen MR) is 216 cm³/mol. The van der Waals surface area contributed by atoms with E-state index >= 15 is 0 Å². The number of fused-ring (bicyclic) bond motifs is 4. The highest BCUT2D eigenvalue weighted by molar-refractivity contribution is 7.15. The summed E-state index contributed by atoms with van der Waals surface area (Å²) in [5.74, 6) is 6.70. The van der Waals surface area contributed by atoms with Gasteiger partial charge >= 0.3 is 0 Å². The van der Waals surface area contributed by atoms with Gasteiger partial charge in [-0.15, -0.1) is 21.5 Å². The molecule has 1 atom stereocenters. The zero-order valence-electron chi connectivity index (χ0n) is 31.8. The molecular formula is C43H37ClN8O5S. The molecule has 0 bridgehead atoms. The van der Waals surface area contributed by atoms with Gasteiger partial charge in [0.15, 0.2) is 5.82 Å². The van der Waals surface area contributed by atoms with Crippen LogP contribution in [0.15, 0.2) is 65.8 Å². The van der Waals surface area contributed by atoms with Crippen molar-refractivity contribution in [2.45, 2.75) is 58.7 Å². The van der Waals surface area contributed by atoms with Crippen LogP contribution >= 0.6 is 22.9 Å². The molecule has 1 unspecified atom stereocenters. The van der Waals surface area contributed by atoms with E-state index in [9.17, 15) is 19.2 Å². The number of imide groups is 2. The van der Waals surface area contributed by atoms with Crippen molar-refractivity contribution in [3.05, 3.63) is 121 Å². The maximum absolute atomic E-state index is 13.4. The molecule has 2 saturated heterocycles. The van der Waals surface area contributed by atoms with Crippen molar-refractivity contribution in [2.75, 3.05) is 19.7 Å². The zero-order chi connectivity index (χ0) is 40.1. The highest BCUT2D eigenvalue weighted by Gasteiger charge is 2.46. The molecule has 292 valence electrons. The van der Waals surface area contributed by atoms with Gasteiger partial charge in [0.05, 0.1) is 28.3 Å². The Morgan fingerprint density at radius 1 is 0.931 bits per heavy atom. The Morgan fingerprint density at radius 2 is 1.74 bits per heavy atom. The number of carbonyl (C=O) groups is 4. The normalized spacial score (nSPS) is 18.2. The fraction of sp³-hybridized carbons (Fsp3) is 0.302. The predicted octanol–water partition coefficient (Wildman–Crippen LogP) is 5.44. The van der Waals surface area contributed by atoms with E-state index in [0.29, 0.717) is 29.6 Å². The Hall–Kier alpha value is -6.01. The van der Waals surface area contributed by atoms with Crippen molar-refractivity contribution in [1.29, 1.82) is 0 Å². The molecule has 9 rings (SSSR count). The first-order chi connectivity index (χ1) is 28.1. The van der Waals surface area contributed by atoms with E-state index in [1.165, 1.54) is 0 Å². The van der Waals surface area contributed by atoms with Crippen LogP contribution in [0.2, 0.25) is 5.02 Å². The van der Waals surface area contributed by atoms with Crippen LogP contribution in [-0.2, 0) is 22.7 Å². The number of halogens is 1. The molecule has 0 aliphatic carbocycles. The molecule has 2 aromatic carbocycles. The number of amides is 4. The lowest BCUT2D eigenvalue weighted by molar-refractivity contribution is -0.136. The Balaban J connectivity index is 0.821. The number of thiophene rings is 1. The molecule has 15 heteroatoms. The van der Waals surface area contributed by atoms with E-state index in [1.54, 1.807) is 29.5 Å². The van der Waals surface area contributed by atoms with Crippen molar-refractivity contribution in [3.63, 3.8) is 0 Å². The van der Waals surface area contributed by atoms with Gasteiger partial charge in [0.2, 0.25) is 11.8 Å². The topological polar surface area (TPSA) is 152 Å². The SMILES string of the molecule is Cc1c(C#Cc2ccc(CN3CCC(COc4cccc5c4C(=O)N(C4CCC(=O)NC4=O)C5=O)CC3)cn2)sc2c1C(c1ccc(Cl)cc1)=NCc1nnc(C)n1-2. The molecular weight excluding hydrogens is 776 g/mol. The highest BCUT2D eigenvalue weighted by Crippen LogP contribution is 2.37. The molecule has 4 aliphatic heterocycles. The third-order valence-electron chi connectivity index (χ3n) is 11.1. The molecule has 0 saturated carbocycles. The van der Waals surface area contributed by atoms with Gasteiger partial charge in [0, 0.05) is 35.3 Å². The first-order valence-corrected chi connectivity index (χ1v) is 20.3. The highest BCUT2D eigenvalue weighted by atomic mass is 35.5. The quantitative estimate of drug-likeness (QED) is 0.167. The number of aromatic nitrogens is 4. The lowest BCUT2D eigenvalue weighted by Crippen LogP contribution is -2.54. The summed E-state index contributed by atoms with van der Waals surface area (Å²) in [4.78, 5) is 64.7. The fourth-order valence-electron chi connectivity index (χ4n) is 7.99. The van der Waals surface area contributed by atoms with Crippen LogP contribution < -0.4 is 10.1 Å². The zero-order valence-corrected chi connectivity index (χ0v) is 33.3. The van der Waals surface area contributed by atoms with Crippen LogP contribution in [0.3, 0.4) is 0 Å². The van der Waals surface area contributed by atoms with E-state index in [2.05, 4.69) is 54.8 Å². The lowest BCUT2D eigenvalue weighted by Gasteiger charge is -2.31. The maximum atomic E-state index is 13.4. The van der Waals surface area contributed by atoms with Crippen molar-refractivity contribution in [2.24, 2.45) is 10.9 Å². The summed E-state index contributed by atoms with van der Waals surface area (Å²) in [5, 5.41) is 12.6. The van der Waals surface area contributed by atoms with Crippen molar-refractivity contribution < 1.29 is 23.9 Å². The third kappa shape index (κ3) is 6.99. The van der Waals surface area contributed by atoms with Gasteiger partial charge in [-0.25, -0.2) is 4.98 Å². The number of piperidine rings is 2. The summed E-state index contributed by atoms with van der Waals surface area (Å²) >= 11 is 7.81. The van der Waals surface area contributed by atoms with Crippen molar-refractivity contribution in [3.8, 4) is 22.6 Å². The van der Waals surface area contributed by atoms with Gasteiger partial charge in [0.25, 0.3) is 11.8 Å². The molecule has 13 nitrogen and oxygen atoms in total. The van der Waals surface area contributed by atoms with Gasteiger partial charge in [-0.05, 0) is 105 Å². The number of benzene rings is 2. The van der Waals surface area contributed by atoms with Crippen LogP contribution in [0, 0.1) is 31.6 Å². The Kier molecular flexibility index (Phi) is 9.97. The number of nitrogens with zero attached hydrogens (tertiary/aromatic N) is 7. The Bertz CT molecular complexity index is 2600. The van der Waals surface area contributed by atoms with Gasteiger partial charge in [-0.1, -0.05) is 35.9 Å². The van der Waals surface area contributed by atoms with Gasteiger partial charge in [0.1, 0.15) is 34.9 Å². The molecule has 0 spiro atoms. The molecule has 3 aromatic heterocycles. The number of nitrogens with one attached hydrogen (secondary N) is 1. The largest absolute Gasteiger partial charge is 0.492 e. The number of hydrogen-bond acceptors (Lipinski definition) is 11. The Morgan fingerprint density at radius 3 is 2.50 bits per heavy atom. The van der Waals surface area contributed by atoms with Crippen LogP contribution in [0.5, 0.6) is 5.75 Å². The molecule has 5 aromatic rings. The summed E-state index contributed by atoms with van der Waals surface area (Å²) in [5.41, 5.74) is 6.09. The van der Waals surface area contributed by atoms with E-state index in [4.69, 9.17) is 21.3 Å². The molecule has 7 heterocycles. The molecule has 2 fully saturated rings. The number of carbonyl (C=O) groups excluding carboxylic acids is 4. The average molecular weight is 813 g/mol. The number of ether oxygens (including phenoxy) is 1. The molecule has 58 heavy (non-hydrogen) atoms. The summed E-state index contributed by atoms with van der Waals surface area (Å²) in [6.07, 6.45) is 3.88. The average Bonchev–Trinajstić information content (AvgIpc) is 3.79. The minimum Gasteiger partial charge on any atom is -0.492 e. The van der Waals surface area contributed by atoms with E-state index < -0.39 is 29.7 Å². The minimum atomic E-state index is -1.02. The van der Waals surface area contributed by atoms with Gasteiger partial charge in [-0.2, -0.15) is 0 Å². The smallest absolute Gasteiger partial charge is 0.266 e. The molecule has 1 N–H and O–H groups in total. The Labute approximate surface area is 343 Å². The summed E-state index contributed by atoms with van der Waals surface area (Å²) in [6.45, 7) is 7.36. The summed E-state index contributed by atoms with van der Waals surface area (Å²) in [7, 11) is 0. The molecule has 4 aliphatic rings. The van der Waals surface area contributed by atoms with Crippen molar-refractivity contribution in [1.82, 2.24) is 34.9 Å². The second kappa shape index (κ2) is 15.4. The van der Waals surface area contributed by atoms with E-state index in [-0.39, 0.29) is 29.9 Å². The van der Waals surface area contributed by atoms with E-state index in [0.717, 1.165) is 86.9 Å². The second-order valence-electron chi connectivity index (χ2n) is 14.9. The second-order valence-corrected chi connectivity index (χ2v) is 16.3. The number of likely N-dealkylation sites (tertiary alicyclic amines) is 1. The number of aliphatic imine (C=N–C) groups is 1. The lowest BCUT2D eigenvalue weighted by atomic mass is 9.97. The number of hydrogen-bond donors (Lipinski definition) is 1. The van der Waals surface area contributed by atoms with E-state index in [1.807, 2.05) is 43.5 Å². The first-order valence-electron chi connectivity index (χ1n) is 19.1. The molecule has 4 amide bonds. The van der Waals surface area contributed by atoms with Crippen LogP contribution in [0.4, 0.5) is 0 Å². The molecule has 0 radical (unpaired) electrons. The van der Waals surface area contributed by atoms with Crippen LogP contribution in [0.1, 0.15) is 90.9 Å². The fourth-order valence-corrected chi connectivity index (χ4v) is 9.35. The van der Waals surface area contributed by atoms with Gasteiger partial charge < -0.3 is 4.74 Å². The maximum Gasteiger partial charge on any atom is 0.266 e. The van der Waals surface area contributed by atoms with Crippen molar-refractivity contribution >= 4 is 52.3 Å². The number of rotatable bonds is 7. The minimum absolute atomic E-state index is 0.0670. The first kappa shape index (κ1) is 37.6. The van der Waals surface area contributed by atoms with Crippen LogP contribution in [0.25, 0.3) is 5.00 Å². The standard InChI is InChI=1S/C43H37ClN8O5S/c1-24-34(58-43-37(24)39(28-7-9-29(44)10-8-28)46-21-35-49-48-25(2)51(35)43)14-12-30-11-6-27(20-45-30)22-50-18-16-26(17-19-50)23-57-33-5-3-4-31-38(33)42(56)52(41(31)55)32-13-15-36(53)47-40(32)54/h3-11,20,26,32H,13,15-19,21-23H2,1-2H3,(H,47,53,54).